The summed E-state index contributed by atoms with van der Waals surface area (Å²) in [4.78, 5) is 23.5. The number of fused-ring (bicyclic) bond motifs is 1. The number of benzene rings is 2. The van der Waals surface area contributed by atoms with Gasteiger partial charge in [-0.2, -0.15) is 0 Å². The molecule has 0 aliphatic heterocycles. The monoisotopic (exact) mass is 372 g/mol. The minimum Gasteiger partial charge on any atom is -0.348 e. The number of pyridine rings is 1. The van der Waals surface area contributed by atoms with E-state index in [2.05, 4.69) is 20.3 Å². The summed E-state index contributed by atoms with van der Waals surface area (Å²) in [6, 6.07) is 15.8. The van der Waals surface area contributed by atoms with Crippen LogP contribution in [0.15, 0.2) is 73.1 Å². The molecular weight excluding hydrogens is 355 g/mol. The lowest BCUT2D eigenvalue weighted by atomic mass is 10.1. The van der Waals surface area contributed by atoms with E-state index in [1.165, 1.54) is 18.2 Å². The number of rotatable bonds is 5. The van der Waals surface area contributed by atoms with Crippen LogP contribution < -0.4 is 5.32 Å². The third-order valence-electron chi connectivity index (χ3n) is 4.25. The summed E-state index contributed by atoms with van der Waals surface area (Å²) in [6.45, 7) is 0.418. The Balaban J connectivity index is 1.39. The van der Waals surface area contributed by atoms with Crippen molar-refractivity contribution in [3.05, 3.63) is 90.0 Å². The van der Waals surface area contributed by atoms with Gasteiger partial charge in [0.25, 0.3) is 0 Å². The van der Waals surface area contributed by atoms with Gasteiger partial charge in [0.1, 0.15) is 11.6 Å². The van der Waals surface area contributed by atoms with Gasteiger partial charge in [-0.15, -0.1) is 0 Å². The normalized spacial score (nSPS) is 11.2. The maximum absolute atomic E-state index is 13.3. The Morgan fingerprint density at radius 2 is 2.00 bits per heavy atom. The Labute approximate surface area is 161 Å². The number of hydrogen-bond donors (Lipinski definition) is 2. The first-order valence-electron chi connectivity index (χ1n) is 8.78. The van der Waals surface area contributed by atoms with Crippen molar-refractivity contribution in [2.24, 2.45) is 0 Å². The first kappa shape index (κ1) is 17.6. The predicted octanol–water partition coefficient (Wildman–Crippen LogP) is 4.09. The molecule has 4 aromatic rings. The lowest BCUT2D eigenvalue weighted by Gasteiger charge is -2.04. The SMILES string of the molecule is O=C(/C=C/c1cccnc1)NCc1ccc(-c2nc3ccc(F)cc3[nH]2)cc1. The number of H-pyrrole nitrogens is 1. The van der Waals surface area contributed by atoms with Crippen LogP contribution in [0.3, 0.4) is 0 Å². The third kappa shape index (κ3) is 4.12. The Hall–Kier alpha value is -3.80. The third-order valence-corrected chi connectivity index (χ3v) is 4.25. The van der Waals surface area contributed by atoms with E-state index in [-0.39, 0.29) is 11.7 Å². The molecule has 0 saturated heterocycles. The van der Waals surface area contributed by atoms with Crippen LogP contribution in [-0.2, 0) is 11.3 Å². The van der Waals surface area contributed by atoms with Crippen molar-refractivity contribution < 1.29 is 9.18 Å². The topological polar surface area (TPSA) is 70.7 Å². The number of nitrogens with zero attached hydrogens (tertiary/aromatic N) is 2. The first-order chi connectivity index (χ1) is 13.7. The largest absolute Gasteiger partial charge is 0.348 e. The Morgan fingerprint density at radius 3 is 2.79 bits per heavy atom. The molecule has 0 unspecified atom stereocenters. The maximum Gasteiger partial charge on any atom is 0.244 e. The van der Waals surface area contributed by atoms with Crippen molar-refractivity contribution in [2.75, 3.05) is 0 Å². The number of carbonyl (C=O) groups excluding carboxylic acids is 1. The van der Waals surface area contributed by atoms with Crippen molar-refractivity contribution in [1.82, 2.24) is 20.3 Å². The van der Waals surface area contributed by atoms with Crippen LogP contribution >= 0.6 is 0 Å². The molecule has 4 rings (SSSR count). The summed E-state index contributed by atoms with van der Waals surface area (Å²) in [6.07, 6.45) is 6.58. The zero-order valence-corrected chi connectivity index (χ0v) is 14.9. The summed E-state index contributed by atoms with van der Waals surface area (Å²) in [5, 5.41) is 2.84. The highest BCUT2D eigenvalue weighted by Crippen LogP contribution is 2.21. The lowest BCUT2D eigenvalue weighted by Crippen LogP contribution is -2.20. The van der Waals surface area contributed by atoms with Crippen molar-refractivity contribution in [2.45, 2.75) is 6.54 Å². The smallest absolute Gasteiger partial charge is 0.244 e. The van der Waals surface area contributed by atoms with Gasteiger partial charge in [-0.1, -0.05) is 30.3 Å². The Bertz CT molecular complexity index is 1130. The van der Waals surface area contributed by atoms with Crippen molar-refractivity contribution >= 4 is 23.0 Å². The number of aromatic nitrogens is 3. The van der Waals surface area contributed by atoms with Crippen LogP contribution in [0.4, 0.5) is 4.39 Å². The van der Waals surface area contributed by atoms with Gasteiger partial charge in [-0.05, 0) is 41.5 Å². The molecule has 0 spiro atoms. The van der Waals surface area contributed by atoms with Gasteiger partial charge in [0.05, 0.1) is 11.0 Å². The highest BCUT2D eigenvalue weighted by molar-refractivity contribution is 5.91. The Morgan fingerprint density at radius 1 is 1.14 bits per heavy atom. The number of amides is 1. The van der Waals surface area contributed by atoms with Crippen LogP contribution in [0.2, 0.25) is 0 Å². The molecule has 5 nitrogen and oxygen atoms in total. The van der Waals surface area contributed by atoms with E-state index in [4.69, 9.17) is 0 Å². The van der Waals surface area contributed by atoms with Gasteiger partial charge < -0.3 is 10.3 Å². The minimum absolute atomic E-state index is 0.174. The second-order valence-electron chi connectivity index (χ2n) is 6.28. The fraction of sp³-hybridized carbons (Fsp3) is 0.0455. The average Bonchev–Trinajstić information content (AvgIpc) is 3.15. The number of halogens is 1. The van der Waals surface area contributed by atoms with Crippen LogP contribution in [0.25, 0.3) is 28.5 Å². The summed E-state index contributed by atoms with van der Waals surface area (Å²) in [5.74, 6) is 0.203. The summed E-state index contributed by atoms with van der Waals surface area (Å²) < 4.78 is 13.3. The molecule has 2 heterocycles. The van der Waals surface area contributed by atoms with Crippen molar-refractivity contribution in [1.29, 1.82) is 0 Å². The fourth-order valence-electron chi connectivity index (χ4n) is 2.79. The van der Waals surface area contributed by atoms with E-state index in [1.807, 2.05) is 36.4 Å². The molecule has 0 atom stereocenters. The van der Waals surface area contributed by atoms with Crippen LogP contribution in [0.5, 0.6) is 0 Å². The number of hydrogen-bond acceptors (Lipinski definition) is 3. The zero-order valence-electron chi connectivity index (χ0n) is 14.9. The van der Waals surface area contributed by atoms with Gasteiger partial charge in [0, 0.05) is 30.6 Å². The average molecular weight is 372 g/mol. The van der Waals surface area contributed by atoms with E-state index >= 15 is 0 Å². The number of nitrogens with one attached hydrogen (secondary N) is 2. The van der Waals surface area contributed by atoms with Crippen LogP contribution in [0.1, 0.15) is 11.1 Å². The number of imidazole rings is 1. The summed E-state index contributed by atoms with van der Waals surface area (Å²) in [7, 11) is 0. The van der Waals surface area contributed by atoms with Crippen molar-refractivity contribution in [3.8, 4) is 11.4 Å². The second-order valence-corrected chi connectivity index (χ2v) is 6.28. The first-order valence-corrected chi connectivity index (χ1v) is 8.78. The molecule has 6 heteroatoms. The van der Waals surface area contributed by atoms with E-state index in [0.29, 0.717) is 23.4 Å². The van der Waals surface area contributed by atoms with E-state index < -0.39 is 0 Å². The molecule has 1 amide bonds. The predicted molar refractivity (Wildman–Crippen MR) is 107 cm³/mol. The van der Waals surface area contributed by atoms with E-state index in [0.717, 1.165) is 16.7 Å². The molecule has 0 radical (unpaired) electrons. The van der Waals surface area contributed by atoms with Crippen LogP contribution in [-0.4, -0.2) is 20.9 Å². The molecule has 2 N–H and O–H groups in total. The molecule has 0 bridgehead atoms. The summed E-state index contributed by atoms with van der Waals surface area (Å²) >= 11 is 0. The number of carbonyl (C=O) groups is 1. The minimum atomic E-state index is -0.300. The summed E-state index contributed by atoms with van der Waals surface area (Å²) in [5.41, 5.74) is 4.10. The molecule has 0 saturated carbocycles. The molecule has 0 fully saturated rings. The van der Waals surface area contributed by atoms with E-state index in [1.54, 1.807) is 24.5 Å². The highest BCUT2D eigenvalue weighted by Gasteiger charge is 2.06. The fourth-order valence-corrected chi connectivity index (χ4v) is 2.79. The van der Waals surface area contributed by atoms with Crippen LogP contribution in [0, 0.1) is 5.82 Å². The van der Waals surface area contributed by atoms with Gasteiger partial charge >= 0.3 is 0 Å². The zero-order chi connectivity index (χ0) is 19.3. The highest BCUT2D eigenvalue weighted by atomic mass is 19.1. The molecule has 2 aromatic carbocycles. The second kappa shape index (κ2) is 7.84. The standard InChI is InChI=1S/C22H17FN4O/c23-18-8-9-19-20(12-18)27-22(26-19)17-6-3-16(4-7-17)14-25-21(28)10-5-15-2-1-11-24-13-15/h1-13H,14H2,(H,25,28)(H,26,27)/b10-5+. The van der Waals surface area contributed by atoms with Gasteiger partial charge in [0.15, 0.2) is 0 Å². The molecule has 138 valence electrons. The lowest BCUT2D eigenvalue weighted by molar-refractivity contribution is -0.116. The van der Waals surface area contributed by atoms with Gasteiger partial charge in [-0.25, -0.2) is 9.37 Å². The molecule has 0 aliphatic rings. The molecule has 28 heavy (non-hydrogen) atoms. The van der Waals surface area contributed by atoms with Gasteiger partial charge in [0.2, 0.25) is 5.91 Å². The molecule has 0 aliphatic carbocycles. The van der Waals surface area contributed by atoms with E-state index in [9.17, 15) is 9.18 Å². The maximum atomic E-state index is 13.3. The Kier molecular flexibility index (Phi) is 4.93. The quantitative estimate of drug-likeness (QED) is 0.518. The number of aromatic amines is 1. The molecule has 2 aromatic heterocycles. The van der Waals surface area contributed by atoms with Crippen molar-refractivity contribution in [3.63, 3.8) is 0 Å². The molecular formula is C22H17FN4O. The van der Waals surface area contributed by atoms with Gasteiger partial charge in [-0.3, -0.25) is 9.78 Å².